The topological polar surface area (TPSA) is 104 Å². The zero-order chi connectivity index (χ0) is 15.0. The van der Waals surface area contributed by atoms with Crippen LogP contribution >= 0.6 is 0 Å². The van der Waals surface area contributed by atoms with Gasteiger partial charge in [-0.3, -0.25) is 4.98 Å². The van der Waals surface area contributed by atoms with Crippen molar-refractivity contribution in [3.63, 3.8) is 0 Å². The second-order valence-electron chi connectivity index (χ2n) is 5.10. The molecule has 21 heavy (non-hydrogen) atoms. The van der Waals surface area contributed by atoms with Crippen LogP contribution < -0.4 is 5.76 Å². The maximum absolute atomic E-state index is 12.7. The third kappa shape index (κ3) is 2.50. The molecule has 0 saturated carbocycles. The maximum Gasteiger partial charge on any atom is 0.417 e. The van der Waals surface area contributed by atoms with Crippen molar-refractivity contribution < 1.29 is 17.9 Å². The highest BCUT2D eigenvalue weighted by molar-refractivity contribution is 7.89. The number of nitrogens with one attached hydrogen (secondary N) is 1. The molecule has 3 rings (SSSR count). The highest BCUT2D eigenvalue weighted by atomic mass is 32.2. The van der Waals surface area contributed by atoms with E-state index in [1.807, 2.05) is 0 Å². The quantitative estimate of drug-likeness (QED) is 0.863. The molecule has 8 heteroatoms. The second kappa shape index (κ2) is 5.28. The molecule has 0 radical (unpaired) electrons. The van der Waals surface area contributed by atoms with E-state index in [2.05, 4.69) is 4.98 Å². The Morgan fingerprint density at radius 1 is 1.43 bits per heavy atom. The number of rotatable bonds is 4. The van der Waals surface area contributed by atoms with Crippen LogP contribution in [0.2, 0.25) is 0 Å². The average molecular weight is 312 g/mol. The summed E-state index contributed by atoms with van der Waals surface area (Å²) in [4.78, 5) is 13.7. The molecule has 7 nitrogen and oxygen atoms in total. The van der Waals surface area contributed by atoms with Crippen LogP contribution in [0.15, 0.2) is 32.3 Å². The van der Waals surface area contributed by atoms with Crippen LogP contribution in [0.3, 0.4) is 0 Å². The lowest BCUT2D eigenvalue weighted by Gasteiger charge is -2.23. The number of oxazole rings is 1. The molecule has 1 fully saturated rings. The number of sulfonamides is 1. The van der Waals surface area contributed by atoms with Crippen LogP contribution in [-0.4, -0.2) is 42.0 Å². The van der Waals surface area contributed by atoms with Crippen LogP contribution in [0.1, 0.15) is 19.3 Å². The highest BCUT2D eigenvalue weighted by Crippen LogP contribution is 2.28. The van der Waals surface area contributed by atoms with Crippen LogP contribution in [0, 0.1) is 0 Å². The van der Waals surface area contributed by atoms with Gasteiger partial charge in [-0.25, -0.2) is 13.2 Å². The normalized spacial score (nSPS) is 20.3. The number of benzene rings is 1. The smallest absolute Gasteiger partial charge is 0.408 e. The van der Waals surface area contributed by atoms with Gasteiger partial charge in [0, 0.05) is 25.3 Å². The first kappa shape index (κ1) is 14.3. The summed E-state index contributed by atoms with van der Waals surface area (Å²) < 4.78 is 31.7. The first-order chi connectivity index (χ1) is 10.0. The molecule has 1 saturated heterocycles. The van der Waals surface area contributed by atoms with Crippen molar-refractivity contribution in [2.24, 2.45) is 0 Å². The van der Waals surface area contributed by atoms with Crippen molar-refractivity contribution >= 4 is 21.1 Å². The van der Waals surface area contributed by atoms with Gasteiger partial charge in [-0.1, -0.05) is 0 Å². The van der Waals surface area contributed by atoms with E-state index >= 15 is 0 Å². The Kier molecular flexibility index (Phi) is 3.60. The van der Waals surface area contributed by atoms with Gasteiger partial charge in [0.2, 0.25) is 10.0 Å². The Labute approximate surface area is 121 Å². The number of H-pyrrole nitrogens is 1. The minimum absolute atomic E-state index is 0.0393. The summed E-state index contributed by atoms with van der Waals surface area (Å²) in [7, 11) is -3.65. The van der Waals surface area contributed by atoms with Gasteiger partial charge in [0.1, 0.15) is 0 Å². The molecule has 0 spiro atoms. The van der Waals surface area contributed by atoms with E-state index in [4.69, 9.17) is 9.52 Å². The Bertz CT molecular complexity index is 807. The molecule has 1 aromatic carbocycles. The summed E-state index contributed by atoms with van der Waals surface area (Å²) in [6.07, 6.45) is 1.97. The summed E-state index contributed by atoms with van der Waals surface area (Å²) in [6, 6.07) is 4.16. The summed E-state index contributed by atoms with van der Waals surface area (Å²) in [5.41, 5.74) is 0.686. The fraction of sp³-hybridized carbons (Fsp3) is 0.462. The Morgan fingerprint density at radius 3 is 3.00 bits per heavy atom. The van der Waals surface area contributed by atoms with E-state index in [0.717, 1.165) is 12.8 Å². The van der Waals surface area contributed by atoms with Crippen LogP contribution in [0.5, 0.6) is 0 Å². The second-order valence-corrected chi connectivity index (χ2v) is 6.99. The first-order valence-electron chi connectivity index (χ1n) is 6.78. The SMILES string of the molecule is O=c1[nH]c2ccc(S(=O)(=O)N3CCCC3CCO)cc2o1. The van der Waals surface area contributed by atoms with Gasteiger partial charge in [-0.05, 0) is 31.4 Å². The maximum atomic E-state index is 12.7. The van der Waals surface area contributed by atoms with Crippen LogP contribution in [0.4, 0.5) is 0 Å². The average Bonchev–Trinajstić information content (AvgIpc) is 3.03. The minimum atomic E-state index is -3.65. The van der Waals surface area contributed by atoms with Gasteiger partial charge in [0.25, 0.3) is 0 Å². The van der Waals surface area contributed by atoms with Crippen molar-refractivity contribution in [1.29, 1.82) is 0 Å². The fourth-order valence-corrected chi connectivity index (χ4v) is 4.52. The highest BCUT2D eigenvalue weighted by Gasteiger charge is 2.35. The predicted molar refractivity (Wildman–Crippen MR) is 75.5 cm³/mol. The molecule has 2 N–H and O–H groups in total. The number of aromatic amines is 1. The van der Waals surface area contributed by atoms with E-state index in [9.17, 15) is 13.2 Å². The summed E-state index contributed by atoms with van der Waals surface area (Å²) in [5.74, 6) is -0.612. The minimum Gasteiger partial charge on any atom is -0.408 e. The van der Waals surface area contributed by atoms with Crippen molar-refractivity contribution in [3.05, 3.63) is 28.7 Å². The van der Waals surface area contributed by atoms with Crippen molar-refractivity contribution in [2.45, 2.75) is 30.2 Å². The zero-order valence-electron chi connectivity index (χ0n) is 11.3. The van der Waals surface area contributed by atoms with Crippen molar-refractivity contribution in [3.8, 4) is 0 Å². The standard InChI is InChI=1S/C13H16N2O5S/c16-7-5-9-2-1-6-15(9)21(18,19)10-3-4-11-12(8-10)20-13(17)14-11/h3-4,8-9,16H,1-2,5-7H2,(H,14,17). The van der Waals surface area contributed by atoms with Crippen molar-refractivity contribution in [2.75, 3.05) is 13.2 Å². The fourth-order valence-electron chi connectivity index (χ4n) is 2.78. The van der Waals surface area contributed by atoms with Gasteiger partial charge < -0.3 is 9.52 Å². The summed E-state index contributed by atoms with van der Waals surface area (Å²) >= 11 is 0. The Balaban J connectivity index is 2.01. The van der Waals surface area contributed by atoms with Gasteiger partial charge in [-0.2, -0.15) is 4.31 Å². The largest absolute Gasteiger partial charge is 0.417 e. The lowest BCUT2D eigenvalue weighted by atomic mass is 10.2. The van der Waals surface area contributed by atoms with E-state index in [0.29, 0.717) is 18.5 Å². The van der Waals surface area contributed by atoms with Crippen LogP contribution in [0.25, 0.3) is 11.1 Å². The lowest BCUT2D eigenvalue weighted by molar-refractivity contribution is 0.246. The molecule has 1 unspecified atom stereocenters. The summed E-state index contributed by atoms with van der Waals surface area (Å²) in [5, 5.41) is 9.05. The zero-order valence-corrected chi connectivity index (χ0v) is 12.1. The number of aromatic nitrogens is 1. The molecule has 1 aliphatic heterocycles. The third-order valence-corrected chi connectivity index (χ3v) is 5.73. The van der Waals surface area contributed by atoms with Gasteiger partial charge in [0.05, 0.1) is 10.4 Å². The molecule has 2 heterocycles. The molecular formula is C13H16N2O5S. The predicted octanol–water partition coefficient (Wildman–Crippen LogP) is 0.657. The lowest BCUT2D eigenvalue weighted by Crippen LogP contribution is -2.36. The molecular weight excluding hydrogens is 296 g/mol. The molecule has 1 aromatic heterocycles. The van der Waals surface area contributed by atoms with Gasteiger partial charge in [-0.15, -0.1) is 0 Å². The molecule has 0 aliphatic carbocycles. The molecule has 114 valence electrons. The third-order valence-electron chi connectivity index (χ3n) is 3.78. The van der Waals surface area contributed by atoms with Crippen LogP contribution in [-0.2, 0) is 10.0 Å². The van der Waals surface area contributed by atoms with E-state index in [1.165, 1.54) is 22.5 Å². The molecule has 2 aromatic rings. The van der Waals surface area contributed by atoms with Crippen molar-refractivity contribution in [1.82, 2.24) is 9.29 Å². The van der Waals surface area contributed by atoms with E-state index in [-0.39, 0.29) is 23.1 Å². The van der Waals surface area contributed by atoms with E-state index in [1.54, 1.807) is 0 Å². The number of fused-ring (bicyclic) bond motifs is 1. The number of hydrogen-bond donors (Lipinski definition) is 2. The Hall–Kier alpha value is -1.64. The van der Waals surface area contributed by atoms with Gasteiger partial charge in [0.15, 0.2) is 5.58 Å². The first-order valence-corrected chi connectivity index (χ1v) is 8.22. The molecule has 0 amide bonds. The van der Waals surface area contributed by atoms with E-state index < -0.39 is 15.8 Å². The number of hydrogen-bond acceptors (Lipinski definition) is 5. The molecule has 0 bridgehead atoms. The summed E-state index contributed by atoms with van der Waals surface area (Å²) in [6.45, 7) is 0.407. The molecule has 1 aliphatic rings. The number of aliphatic hydroxyl groups excluding tert-OH is 1. The number of aliphatic hydroxyl groups is 1. The monoisotopic (exact) mass is 312 g/mol. The molecule has 1 atom stereocenters. The number of nitrogens with zero attached hydrogens (tertiary/aromatic N) is 1. The Morgan fingerprint density at radius 2 is 2.24 bits per heavy atom. The van der Waals surface area contributed by atoms with Gasteiger partial charge >= 0.3 is 5.76 Å².